The van der Waals surface area contributed by atoms with Crippen LogP contribution in [0.2, 0.25) is 0 Å². The van der Waals surface area contributed by atoms with Crippen LogP contribution in [0.25, 0.3) is 0 Å². The second kappa shape index (κ2) is 6.58. The maximum atomic E-state index is 11.3. The maximum absolute atomic E-state index is 11.3. The van der Waals surface area contributed by atoms with Gasteiger partial charge in [0.2, 0.25) is 0 Å². The monoisotopic (exact) mass is 291 g/mol. The number of esters is 1. The van der Waals surface area contributed by atoms with Crippen LogP contribution in [-0.2, 0) is 11.3 Å². The van der Waals surface area contributed by atoms with Crippen molar-refractivity contribution in [3.63, 3.8) is 0 Å². The van der Waals surface area contributed by atoms with Gasteiger partial charge in [-0.25, -0.2) is 9.78 Å². The van der Waals surface area contributed by atoms with E-state index < -0.39 is 0 Å². The van der Waals surface area contributed by atoms with Gasteiger partial charge in [0, 0.05) is 23.8 Å². The molecule has 2 aromatic heterocycles. The molecule has 2 rings (SSSR count). The summed E-state index contributed by atoms with van der Waals surface area (Å²) in [6, 6.07) is 3.71. The van der Waals surface area contributed by atoms with E-state index in [-0.39, 0.29) is 12.0 Å². The quantitative estimate of drug-likeness (QED) is 0.857. The predicted octanol–water partition coefficient (Wildman–Crippen LogP) is 2.48. The number of rotatable bonds is 5. The molecule has 2 heterocycles. The number of ether oxygens (including phenoxy) is 1. The van der Waals surface area contributed by atoms with E-state index in [2.05, 4.69) is 26.9 Å². The van der Waals surface area contributed by atoms with Crippen molar-refractivity contribution < 1.29 is 9.53 Å². The van der Waals surface area contributed by atoms with Crippen molar-refractivity contribution in [3.05, 3.63) is 45.7 Å². The van der Waals surface area contributed by atoms with Crippen LogP contribution in [-0.4, -0.2) is 23.0 Å². The summed E-state index contributed by atoms with van der Waals surface area (Å²) < 4.78 is 4.63. The van der Waals surface area contributed by atoms with Crippen molar-refractivity contribution in [1.29, 1.82) is 0 Å². The third kappa shape index (κ3) is 3.61. The van der Waals surface area contributed by atoms with E-state index in [1.54, 1.807) is 17.4 Å². The van der Waals surface area contributed by atoms with Gasteiger partial charge in [0.15, 0.2) is 0 Å². The third-order valence-electron chi connectivity index (χ3n) is 2.84. The van der Waals surface area contributed by atoms with Crippen LogP contribution in [0.15, 0.2) is 23.7 Å². The van der Waals surface area contributed by atoms with Gasteiger partial charge in [-0.3, -0.25) is 4.98 Å². The Morgan fingerprint density at radius 3 is 2.85 bits per heavy atom. The molecule has 1 N–H and O–H groups in total. The first-order valence-electron chi connectivity index (χ1n) is 6.29. The molecule has 0 aliphatic rings. The highest BCUT2D eigenvalue weighted by molar-refractivity contribution is 7.09. The van der Waals surface area contributed by atoms with E-state index in [9.17, 15) is 4.79 Å². The molecule has 0 aliphatic carbocycles. The highest BCUT2D eigenvalue weighted by Gasteiger charge is 2.10. The summed E-state index contributed by atoms with van der Waals surface area (Å²) in [5, 5.41) is 6.46. The summed E-state index contributed by atoms with van der Waals surface area (Å²) in [6.45, 7) is 4.68. The largest absolute Gasteiger partial charge is 0.465 e. The zero-order chi connectivity index (χ0) is 14.5. The molecule has 5 nitrogen and oxygen atoms in total. The van der Waals surface area contributed by atoms with Crippen molar-refractivity contribution in [1.82, 2.24) is 15.3 Å². The SMILES string of the molecule is COC(=O)c1ccc(CNC(C)c2nc(C)cs2)nc1. The van der Waals surface area contributed by atoms with Crippen molar-refractivity contribution in [2.45, 2.75) is 26.4 Å². The van der Waals surface area contributed by atoms with Gasteiger partial charge in [0.1, 0.15) is 5.01 Å². The summed E-state index contributed by atoms with van der Waals surface area (Å²) in [5.41, 5.74) is 2.37. The molecule has 0 fully saturated rings. The van der Waals surface area contributed by atoms with E-state index in [1.165, 1.54) is 13.3 Å². The number of hydrogen-bond acceptors (Lipinski definition) is 6. The number of nitrogens with zero attached hydrogens (tertiary/aromatic N) is 2. The lowest BCUT2D eigenvalue weighted by Crippen LogP contribution is -2.18. The van der Waals surface area contributed by atoms with Gasteiger partial charge in [0.05, 0.1) is 24.4 Å². The topological polar surface area (TPSA) is 64.1 Å². The number of aromatic nitrogens is 2. The average Bonchev–Trinajstić information content (AvgIpc) is 2.91. The molecular formula is C14H17N3O2S. The predicted molar refractivity (Wildman–Crippen MR) is 77.7 cm³/mol. The summed E-state index contributed by atoms with van der Waals surface area (Å²) in [4.78, 5) is 20.0. The molecule has 0 radical (unpaired) electrons. The molecule has 0 spiro atoms. The zero-order valence-corrected chi connectivity index (χ0v) is 12.5. The number of nitrogens with one attached hydrogen (secondary N) is 1. The molecular weight excluding hydrogens is 274 g/mol. The summed E-state index contributed by atoms with van der Waals surface area (Å²) >= 11 is 1.65. The lowest BCUT2D eigenvalue weighted by atomic mass is 10.2. The molecule has 20 heavy (non-hydrogen) atoms. The van der Waals surface area contributed by atoms with E-state index in [0.717, 1.165) is 16.4 Å². The van der Waals surface area contributed by atoms with Crippen molar-refractivity contribution >= 4 is 17.3 Å². The number of aryl methyl sites for hydroxylation is 1. The Morgan fingerprint density at radius 1 is 1.50 bits per heavy atom. The Hall–Kier alpha value is -1.79. The van der Waals surface area contributed by atoms with E-state index >= 15 is 0 Å². The first-order valence-corrected chi connectivity index (χ1v) is 7.16. The Morgan fingerprint density at radius 2 is 2.30 bits per heavy atom. The lowest BCUT2D eigenvalue weighted by Gasteiger charge is -2.10. The van der Waals surface area contributed by atoms with E-state index in [1.807, 2.05) is 18.4 Å². The van der Waals surface area contributed by atoms with Crippen molar-refractivity contribution in [2.24, 2.45) is 0 Å². The maximum Gasteiger partial charge on any atom is 0.339 e. The van der Waals surface area contributed by atoms with Gasteiger partial charge in [-0.2, -0.15) is 0 Å². The van der Waals surface area contributed by atoms with Crippen LogP contribution in [0.5, 0.6) is 0 Å². The Bertz CT molecular complexity index is 580. The lowest BCUT2D eigenvalue weighted by molar-refractivity contribution is 0.0600. The molecule has 0 aliphatic heterocycles. The fraction of sp³-hybridized carbons (Fsp3) is 0.357. The van der Waals surface area contributed by atoms with Crippen LogP contribution < -0.4 is 5.32 Å². The number of thiazole rings is 1. The zero-order valence-electron chi connectivity index (χ0n) is 11.7. The first-order chi connectivity index (χ1) is 9.60. The minimum absolute atomic E-state index is 0.177. The molecule has 6 heteroatoms. The van der Waals surface area contributed by atoms with Crippen LogP contribution >= 0.6 is 11.3 Å². The van der Waals surface area contributed by atoms with E-state index in [4.69, 9.17) is 0 Å². The summed E-state index contributed by atoms with van der Waals surface area (Å²) in [5.74, 6) is -0.372. The molecule has 0 bridgehead atoms. The normalized spacial score (nSPS) is 12.2. The Labute approximate surface area is 122 Å². The number of methoxy groups -OCH3 is 1. The minimum atomic E-state index is -0.372. The standard InChI is InChI=1S/C14H17N3O2S/c1-9-8-20-13(17-9)10(2)15-7-12-5-4-11(6-16-12)14(18)19-3/h4-6,8,10,15H,7H2,1-3H3. The smallest absolute Gasteiger partial charge is 0.339 e. The Kier molecular flexibility index (Phi) is 4.81. The van der Waals surface area contributed by atoms with Crippen molar-refractivity contribution in [2.75, 3.05) is 7.11 Å². The molecule has 0 aromatic carbocycles. The van der Waals surface area contributed by atoms with Gasteiger partial charge in [0.25, 0.3) is 0 Å². The summed E-state index contributed by atoms with van der Waals surface area (Å²) in [6.07, 6.45) is 1.53. The van der Waals surface area contributed by atoms with Crippen LogP contribution in [0.3, 0.4) is 0 Å². The van der Waals surface area contributed by atoms with Gasteiger partial charge in [-0.1, -0.05) is 0 Å². The first kappa shape index (κ1) is 14.6. The number of pyridine rings is 1. The Balaban J connectivity index is 1.92. The van der Waals surface area contributed by atoms with Crippen LogP contribution in [0.1, 0.15) is 39.7 Å². The minimum Gasteiger partial charge on any atom is -0.465 e. The second-order valence-corrected chi connectivity index (χ2v) is 5.35. The molecule has 0 saturated heterocycles. The van der Waals surface area contributed by atoms with Crippen LogP contribution in [0, 0.1) is 6.92 Å². The number of hydrogen-bond donors (Lipinski definition) is 1. The van der Waals surface area contributed by atoms with Crippen molar-refractivity contribution in [3.8, 4) is 0 Å². The fourth-order valence-corrected chi connectivity index (χ4v) is 2.51. The van der Waals surface area contributed by atoms with Crippen LogP contribution in [0.4, 0.5) is 0 Å². The van der Waals surface area contributed by atoms with E-state index in [0.29, 0.717) is 12.1 Å². The van der Waals surface area contributed by atoms with Gasteiger partial charge < -0.3 is 10.1 Å². The summed E-state index contributed by atoms with van der Waals surface area (Å²) in [7, 11) is 1.36. The van der Waals surface area contributed by atoms with Gasteiger partial charge in [-0.15, -0.1) is 11.3 Å². The molecule has 0 saturated carbocycles. The third-order valence-corrected chi connectivity index (χ3v) is 3.99. The number of carbonyl (C=O) groups excluding carboxylic acids is 1. The highest BCUT2D eigenvalue weighted by atomic mass is 32.1. The second-order valence-electron chi connectivity index (χ2n) is 4.46. The molecule has 1 unspecified atom stereocenters. The van der Waals surface area contributed by atoms with Gasteiger partial charge >= 0.3 is 5.97 Å². The molecule has 2 aromatic rings. The fourth-order valence-electron chi connectivity index (χ4n) is 1.68. The molecule has 0 amide bonds. The molecule has 106 valence electrons. The van der Waals surface area contributed by atoms with Gasteiger partial charge in [-0.05, 0) is 26.0 Å². The molecule has 1 atom stereocenters. The number of carbonyl (C=O) groups is 1. The average molecular weight is 291 g/mol. The highest BCUT2D eigenvalue weighted by Crippen LogP contribution is 2.17.